The highest BCUT2D eigenvalue weighted by atomic mass is 32.1. The van der Waals surface area contributed by atoms with Crippen molar-refractivity contribution in [3.8, 4) is 5.75 Å². The van der Waals surface area contributed by atoms with E-state index in [-0.39, 0.29) is 6.61 Å². The molecule has 0 bridgehead atoms. The fourth-order valence-electron chi connectivity index (χ4n) is 2.17. The summed E-state index contributed by atoms with van der Waals surface area (Å²) in [5, 5.41) is 10.4. The van der Waals surface area contributed by atoms with E-state index in [1.807, 2.05) is 26.0 Å². The van der Waals surface area contributed by atoms with Crippen molar-refractivity contribution in [2.24, 2.45) is 0 Å². The predicted molar refractivity (Wildman–Crippen MR) is 64.2 cm³/mol. The quantitative estimate of drug-likeness (QED) is 0.824. The number of aryl methyl sites for hydroxylation is 1. The molecule has 0 spiro atoms. The van der Waals surface area contributed by atoms with Crippen LogP contribution in [-0.4, -0.2) is 22.3 Å². The zero-order valence-corrected chi connectivity index (χ0v) is 10.1. The highest BCUT2D eigenvalue weighted by Crippen LogP contribution is 2.41. The minimum absolute atomic E-state index is 0.0426. The number of fused-ring (bicyclic) bond motifs is 3. The maximum Gasteiger partial charge on any atom is 0.133 e. The van der Waals surface area contributed by atoms with Crippen molar-refractivity contribution in [2.45, 2.75) is 25.9 Å². The van der Waals surface area contributed by atoms with Crippen LogP contribution in [0.2, 0.25) is 0 Å². The second-order valence-corrected chi connectivity index (χ2v) is 5.71. The first-order valence-corrected chi connectivity index (χ1v) is 6.12. The molecule has 1 unspecified atom stereocenters. The summed E-state index contributed by atoms with van der Waals surface area (Å²) in [5.41, 5.74) is 1.76. The lowest BCUT2D eigenvalue weighted by Gasteiger charge is -2.20. The lowest BCUT2D eigenvalue weighted by Crippen LogP contribution is -2.34. The number of ether oxygens (including phenoxy) is 1. The van der Waals surface area contributed by atoms with E-state index in [0.717, 1.165) is 22.7 Å². The summed E-state index contributed by atoms with van der Waals surface area (Å²) >= 11 is 1.70. The zero-order valence-electron chi connectivity index (χ0n) is 9.28. The van der Waals surface area contributed by atoms with Crippen LogP contribution in [0.4, 0.5) is 0 Å². The molecule has 4 heteroatoms. The van der Waals surface area contributed by atoms with E-state index in [4.69, 9.17) is 4.74 Å². The number of thiazole rings is 1. The van der Waals surface area contributed by atoms with Crippen LogP contribution in [0.5, 0.6) is 5.75 Å². The Morgan fingerprint density at radius 1 is 1.56 bits per heavy atom. The van der Waals surface area contributed by atoms with Crippen LogP contribution >= 0.6 is 11.3 Å². The third kappa shape index (κ3) is 1.33. The van der Waals surface area contributed by atoms with Crippen molar-refractivity contribution >= 4 is 21.6 Å². The van der Waals surface area contributed by atoms with E-state index in [9.17, 15) is 5.11 Å². The minimum Gasteiger partial charge on any atom is -0.484 e. The van der Waals surface area contributed by atoms with Gasteiger partial charge in [0.15, 0.2) is 0 Å². The highest BCUT2D eigenvalue weighted by molar-refractivity contribution is 7.18. The fourth-order valence-corrected chi connectivity index (χ4v) is 3.12. The average Bonchev–Trinajstić information content (AvgIpc) is 2.77. The van der Waals surface area contributed by atoms with Crippen LogP contribution in [0.3, 0.4) is 0 Å². The first-order valence-electron chi connectivity index (χ1n) is 5.30. The van der Waals surface area contributed by atoms with Crippen molar-refractivity contribution in [1.82, 2.24) is 4.98 Å². The van der Waals surface area contributed by atoms with Crippen LogP contribution in [0.25, 0.3) is 10.2 Å². The molecule has 2 aromatic rings. The lowest BCUT2D eigenvalue weighted by molar-refractivity contribution is 0.0447. The van der Waals surface area contributed by atoms with Gasteiger partial charge in [0, 0.05) is 12.0 Å². The number of rotatable bonds is 1. The van der Waals surface area contributed by atoms with Crippen LogP contribution in [0, 0.1) is 6.92 Å². The molecule has 0 saturated carbocycles. The Hall–Kier alpha value is -1.13. The van der Waals surface area contributed by atoms with Gasteiger partial charge in [-0.25, -0.2) is 4.98 Å². The Kier molecular flexibility index (Phi) is 2.00. The SMILES string of the molecule is Cc1nc2ccc3c(c2s1)CC(C)(CO)O3. The Labute approximate surface area is 97.7 Å². The maximum absolute atomic E-state index is 9.34. The van der Waals surface area contributed by atoms with Crippen molar-refractivity contribution < 1.29 is 9.84 Å². The molecular weight excluding hydrogens is 222 g/mol. The molecule has 0 saturated heterocycles. The fraction of sp³-hybridized carbons (Fsp3) is 0.417. The van der Waals surface area contributed by atoms with Crippen LogP contribution in [-0.2, 0) is 6.42 Å². The van der Waals surface area contributed by atoms with E-state index < -0.39 is 5.60 Å². The Bertz CT molecular complexity index is 563. The number of hydrogen-bond acceptors (Lipinski definition) is 4. The van der Waals surface area contributed by atoms with Gasteiger partial charge in [-0.3, -0.25) is 0 Å². The van der Waals surface area contributed by atoms with Gasteiger partial charge in [0.25, 0.3) is 0 Å². The topological polar surface area (TPSA) is 42.4 Å². The molecular formula is C12H13NO2S. The van der Waals surface area contributed by atoms with Crippen molar-refractivity contribution in [3.05, 3.63) is 22.7 Å². The van der Waals surface area contributed by atoms with Gasteiger partial charge in [-0.15, -0.1) is 11.3 Å². The van der Waals surface area contributed by atoms with Gasteiger partial charge < -0.3 is 9.84 Å². The molecule has 0 radical (unpaired) electrons. The van der Waals surface area contributed by atoms with Gasteiger partial charge in [-0.2, -0.15) is 0 Å². The normalized spacial score (nSPS) is 23.4. The highest BCUT2D eigenvalue weighted by Gasteiger charge is 2.35. The Balaban J connectivity index is 2.20. The van der Waals surface area contributed by atoms with Gasteiger partial charge in [0.1, 0.15) is 11.4 Å². The molecule has 0 aliphatic carbocycles. The number of hydrogen-bond donors (Lipinski definition) is 1. The van der Waals surface area contributed by atoms with E-state index in [0.29, 0.717) is 0 Å². The van der Waals surface area contributed by atoms with E-state index in [1.54, 1.807) is 11.3 Å². The molecule has 2 heterocycles. The second kappa shape index (κ2) is 3.18. The number of nitrogens with zero attached hydrogens (tertiary/aromatic N) is 1. The first-order chi connectivity index (χ1) is 7.61. The first kappa shape index (κ1) is 10.1. The van der Waals surface area contributed by atoms with Gasteiger partial charge in [-0.05, 0) is 26.0 Å². The van der Waals surface area contributed by atoms with Gasteiger partial charge in [0.05, 0.1) is 21.8 Å². The average molecular weight is 235 g/mol. The van der Waals surface area contributed by atoms with Crippen molar-refractivity contribution in [3.63, 3.8) is 0 Å². The van der Waals surface area contributed by atoms with Gasteiger partial charge in [0.2, 0.25) is 0 Å². The molecule has 1 aliphatic heterocycles. The van der Waals surface area contributed by atoms with Crippen molar-refractivity contribution in [1.29, 1.82) is 0 Å². The molecule has 1 N–H and O–H groups in total. The Morgan fingerprint density at radius 3 is 3.12 bits per heavy atom. The standard InChI is InChI=1S/C12H13NO2S/c1-7-13-9-3-4-10-8(11(9)16-7)5-12(2,6-14)15-10/h3-4,14H,5-6H2,1-2H3. The number of benzene rings is 1. The molecule has 0 fully saturated rings. The smallest absolute Gasteiger partial charge is 0.133 e. The maximum atomic E-state index is 9.34. The molecule has 0 amide bonds. The van der Waals surface area contributed by atoms with Crippen LogP contribution in [0.15, 0.2) is 12.1 Å². The predicted octanol–water partition coefficient (Wildman–Crippen LogP) is 2.29. The van der Waals surface area contributed by atoms with Crippen molar-refractivity contribution in [2.75, 3.05) is 6.61 Å². The van der Waals surface area contributed by atoms with Gasteiger partial charge >= 0.3 is 0 Å². The minimum atomic E-state index is -0.464. The van der Waals surface area contributed by atoms with E-state index >= 15 is 0 Å². The van der Waals surface area contributed by atoms with Crippen LogP contribution < -0.4 is 4.74 Å². The third-order valence-corrected chi connectivity index (χ3v) is 4.01. The molecule has 3 rings (SSSR count). The summed E-state index contributed by atoms with van der Waals surface area (Å²) in [4.78, 5) is 4.46. The zero-order chi connectivity index (χ0) is 11.3. The summed E-state index contributed by atoms with van der Waals surface area (Å²) in [7, 11) is 0. The largest absolute Gasteiger partial charge is 0.484 e. The molecule has 84 valence electrons. The third-order valence-electron chi connectivity index (χ3n) is 2.97. The summed E-state index contributed by atoms with van der Waals surface area (Å²) < 4.78 is 6.99. The van der Waals surface area contributed by atoms with E-state index in [2.05, 4.69) is 4.98 Å². The number of aliphatic hydroxyl groups excluding tert-OH is 1. The monoisotopic (exact) mass is 235 g/mol. The van der Waals surface area contributed by atoms with Gasteiger partial charge in [-0.1, -0.05) is 0 Å². The molecule has 16 heavy (non-hydrogen) atoms. The molecule has 1 aromatic heterocycles. The number of aromatic nitrogens is 1. The molecule has 3 nitrogen and oxygen atoms in total. The van der Waals surface area contributed by atoms with Crippen LogP contribution in [0.1, 0.15) is 17.5 Å². The molecule has 1 aromatic carbocycles. The summed E-state index contributed by atoms with van der Waals surface area (Å²) in [6.07, 6.45) is 0.762. The number of aliphatic hydroxyl groups is 1. The summed E-state index contributed by atoms with van der Waals surface area (Å²) in [6, 6.07) is 3.94. The molecule has 1 atom stereocenters. The lowest BCUT2D eigenvalue weighted by atomic mass is 10.0. The molecule has 1 aliphatic rings. The van der Waals surface area contributed by atoms with E-state index in [1.165, 1.54) is 10.3 Å². The summed E-state index contributed by atoms with van der Waals surface area (Å²) in [5.74, 6) is 0.896. The Morgan fingerprint density at radius 2 is 2.38 bits per heavy atom. The summed E-state index contributed by atoms with van der Waals surface area (Å²) in [6.45, 7) is 3.99. The second-order valence-electron chi connectivity index (χ2n) is 4.51.